The van der Waals surface area contributed by atoms with Crippen molar-refractivity contribution in [3.05, 3.63) is 18.2 Å². The SMILES string of the molecule is COc1cccc2c1SC(SN)[N+]2(C1CCCCC1)C1CCCCC1. The van der Waals surface area contributed by atoms with Crippen LogP contribution in [0.25, 0.3) is 0 Å². The standard InChI is InChI=1S/C20H31N2OS2/c1-23-18-14-8-13-17-19(18)24-20(25-21)22(17,15-9-4-2-5-10-15)16-11-6-3-7-12-16/h8,13-16,20H,2-7,9-12,21H2,1H3/q+1. The fourth-order valence-electron chi connectivity index (χ4n) is 5.57. The largest absolute Gasteiger partial charge is 0.495 e. The molecule has 2 fully saturated rings. The summed E-state index contributed by atoms with van der Waals surface area (Å²) in [5.74, 6) is 1.04. The number of hydrogen-bond donors (Lipinski definition) is 1. The number of ether oxygens (including phenoxy) is 1. The van der Waals surface area contributed by atoms with E-state index in [0.717, 1.165) is 22.3 Å². The molecule has 1 unspecified atom stereocenters. The van der Waals surface area contributed by atoms with E-state index in [2.05, 4.69) is 18.2 Å². The lowest BCUT2D eigenvalue weighted by atomic mass is 9.85. The molecule has 3 nitrogen and oxygen atoms in total. The van der Waals surface area contributed by atoms with Crippen molar-refractivity contribution >= 4 is 29.4 Å². The van der Waals surface area contributed by atoms with Gasteiger partial charge in [-0.2, -0.15) is 0 Å². The molecule has 4 rings (SSSR count). The molecule has 1 heterocycles. The molecule has 5 heteroatoms. The minimum atomic E-state index is 0.373. The van der Waals surface area contributed by atoms with Crippen LogP contribution < -0.4 is 14.4 Å². The lowest BCUT2D eigenvalue weighted by Crippen LogP contribution is -2.66. The molecule has 1 aromatic rings. The Hall–Kier alpha value is -0.360. The van der Waals surface area contributed by atoms with Gasteiger partial charge in [-0.25, -0.2) is 0 Å². The molecule has 1 aliphatic heterocycles. The van der Waals surface area contributed by atoms with Crippen molar-refractivity contribution < 1.29 is 4.74 Å². The lowest BCUT2D eigenvalue weighted by Gasteiger charge is -2.52. The first-order valence-electron chi connectivity index (χ1n) is 9.90. The van der Waals surface area contributed by atoms with E-state index in [9.17, 15) is 0 Å². The van der Waals surface area contributed by atoms with E-state index in [1.165, 1.54) is 74.8 Å². The first-order valence-corrected chi connectivity index (χ1v) is 11.7. The number of rotatable bonds is 4. The minimum Gasteiger partial charge on any atom is -0.495 e. The van der Waals surface area contributed by atoms with Gasteiger partial charge in [0.2, 0.25) is 4.71 Å². The molecule has 1 aromatic carbocycles. The van der Waals surface area contributed by atoms with Gasteiger partial charge >= 0.3 is 0 Å². The topological polar surface area (TPSA) is 35.2 Å². The van der Waals surface area contributed by atoms with E-state index in [-0.39, 0.29) is 0 Å². The summed E-state index contributed by atoms with van der Waals surface area (Å²) in [7, 11) is 1.80. The van der Waals surface area contributed by atoms with Crippen LogP contribution in [0.15, 0.2) is 23.1 Å². The van der Waals surface area contributed by atoms with E-state index in [4.69, 9.17) is 9.88 Å². The molecule has 138 valence electrons. The maximum absolute atomic E-state index is 6.33. The van der Waals surface area contributed by atoms with Gasteiger partial charge < -0.3 is 4.74 Å². The summed E-state index contributed by atoms with van der Waals surface area (Å²) in [4.78, 5) is 1.35. The Bertz CT molecular complexity index is 579. The monoisotopic (exact) mass is 379 g/mol. The minimum absolute atomic E-state index is 0.373. The summed E-state index contributed by atoms with van der Waals surface area (Å²) in [6.07, 6.45) is 13.7. The van der Waals surface area contributed by atoms with Crippen LogP contribution in [0.4, 0.5) is 5.69 Å². The molecule has 0 radical (unpaired) electrons. The summed E-state index contributed by atoms with van der Waals surface area (Å²) >= 11 is 3.55. The molecule has 0 saturated heterocycles. The second-order valence-corrected chi connectivity index (χ2v) is 9.90. The third-order valence-corrected chi connectivity index (χ3v) is 9.04. The number of hydrogen-bond acceptors (Lipinski definition) is 4. The molecule has 2 saturated carbocycles. The smallest absolute Gasteiger partial charge is 0.206 e. The number of thioether (sulfide) groups is 1. The zero-order chi connectivity index (χ0) is 17.3. The molecule has 1 atom stereocenters. The third kappa shape index (κ3) is 2.91. The highest BCUT2D eigenvalue weighted by Gasteiger charge is 2.57. The molecule has 0 aromatic heterocycles. The average molecular weight is 380 g/mol. The van der Waals surface area contributed by atoms with Crippen LogP contribution in [0.2, 0.25) is 0 Å². The fourth-order valence-corrected chi connectivity index (χ4v) is 8.19. The van der Waals surface area contributed by atoms with Crippen LogP contribution in [0.5, 0.6) is 5.75 Å². The van der Waals surface area contributed by atoms with Crippen molar-refractivity contribution in [3.63, 3.8) is 0 Å². The summed E-state index contributed by atoms with van der Waals surface area (Å²) < 4.78 is 7.23. The molecule has 2 N–H and O–H groups in total. The van der Waals surface area contributed by atoms with Gasteiger partial charge in [-0.15, -0.1) is 0 Å². The highest BCUT2D eigenvalue weighted by atomic mass is 32.2. The maximum Gasteiger partial charge on any atom is 0.206 e. The predicted molar refractivity (Wildman–Crippen MR) is 110 cm³/mol. The van der Waals surface area contributed by atoms with Crippen molar-refractivity contribution in [2.45, 2.75) is 85.9 Å². The number of methoxy groups -OCH3 is 1. The first-order chi connectivity index (χ1) is 12.3. The Morgan fingerprint density at radius 1 is 1.00 bits per heavy atom. The molecule has 25 heavy (non-hydrogen) atoms. The zero-order valence-corrected chi connectivity index (χ0v) is 16.9. The summed E-state index contributed by atoms with van der Waals surface area (Å²) in [5, 5.41) is 6.33. The number of benzene rings is 1. The second-order valence-electron chi connectivity index (χ2n) is 7.79. The summed E-state index contributed by atoms with van der Waals surface area (Å²) in [5.41, 5.74) is 1.51. The highest BCUT2D eigenvalue weighted by Crippen LogP contribution is 2.60. The number of nitrogens with two attached hydrogens (primary N) is 1. The Morgan fingerprint density at radius 3 is 2.12 bits per heavy atom. The normalized spacial score (nSPS) is 27.2. The van der Waals surface area contributed by atoms with Crippen LogP contribution >= 0.6 is 23.7 Å². The second kappa shape index (κ2) is 7.71. The van der Waals surface area contributed by atoms with Crippen LogP contribution in [0.3, 0.4) is 0 Å². The summed E-state index contributed by atoms with van der Waals surface area (Å²) in [6, 6.07) is 8.13. The van der Waals surface area contributed by atoms with Gasteiger partial charge in [0.1, 0.15) is 10.6 Å². The number of quaternary nitrogens is 1. The van der Waals surface area contributed by atoms with E-state index >= 15 is 0 Å². The third-order valence-electron chi connectivity index (χ3n) is 6.64. The van der Waals surface area contributed by atoms with E-state index < -0.39 is 0 Å². The zero-order valence-electron chi connectivity index (χ0n) is 15.3. The van der Waals surface area contributed by atoms with Crippen molar-refractivity contribution in [2.75, 3.05) is 7.11 Å². The molecule has 0 amide bonds. The van der Waals surface area contributed by atoms with Gasteiger partial charge in [0.05, 0.1) is 19.2 Å². The van der Waals surface area contributed by atoms with Crippen molar-refractivity contribution in [2.24, 2.45) is 5.14 Å². The maximum atomic E-state index is 6.33. The van der Waals surface area contributed by atoms with Gasteiger partial charge in [0.25, 0.3) is 0 Å². The van der Waals surface area contributed by atoms with E-state index in [0.29, 0.717) is 4.71 Å². The average Bonchev–Trinajstić information content (AvgIpc) is 3.04. The molecule has 3 aliphatic rings. The Morgan fingerprint density at radius 2 is 1.60 bits per heavy atom. The Kier molecular flexibility index (Phi) is 5.56. The quantitative estimate of drug-likeness (QED) is 0.540. The predicted octanol–water partition coefficient (Wildman–Crippen LogP) is 5.66. The summed E-state index contributed by atoms with van der Waals surface area (Å²) in [6.45, 7) is 0. The number of fused-ring (bicyclic) bond motifs is 1. The first kappa shape index (κ1) is 18.0. The van der Waals surface area contributed by atoms with Gasteiger partial charge in [0.15, 0.2) is 5.69 Å². The van der Waals surface area contributed by atoms with Gasteiger partial charge in [0, 0.05) is 6.07 Å². The molecule has 2 aliphatic carbocycles. The molecule has 0 spiro atoms. The van der Waals surface area contributed by atoms with E-state index in [1.807, 2.05) is 11.8 Å². The lowest BCUT2D eigenvalue weighted by molar-refractivity contribution is 0.0996. The molecular formula is C20H31N2OS2+. The fraction of sp³-hybridized carbons (Fsp3) is 0.700. The van der Waals surface area contributed by atoms with E-state index in [1.54, 1.807) is 19.1 Å². The Balaban J connectivity index is 1.86. The molecular weight excluding hydrogens is 348 g/mol. The number of nitrogens with zero attached hydrogens (tertiary/aromatic N) is 1. The van der Waals surface area contributed by atoms with Crippen LogP contribution in [0, 0.1) is 0 Å². The van der Waals surface area contributed by atoms with Crippen molar-refractivity contribution in [1.29, 1.82) is 0 Å². The van der Waals surface area contributed by atoms with Gasteiger partial charge in [-0.1, -0.05) is 18.9 Å². The van der Waals surface area contributed by atoms with Crippen molar-refractivity contribution in [1.82, 2.24) is 4.48 Å². The molecule has 0 bridgehead atoms. The van der Waals surface area contributed by atoms with Crippen LogP contribution in [-0.4, -0.2) is 23.9 Å². The van der Waals surface area contributed by atoms with Gasteiger partial charge in [-0.05, 0) is 81.1 Å². The highest BCUT2D eigenvalue weighted by molar-refractivity contribution is 8.16. The van der Waals surface area contributed by atoms with Gasteiger partial charge in [-0.3, -0.25) is 9.62 Å². The Labute approximate surface area is 160 Å². The van der Waals surface area contributed by atoms with Crippen LogP contribution in [0.1, 0.15) is 64.2 Å². The van der Waals surface area contributed by atoms with Crippen molar-refractivity contribution in [3.8, 4) is 5.75 Å². The van der Waals surface area contributed by atoms with Crippen LogP contribution in [-0.2, 0) is 0 Å².